The highest BCUT2D eigenvalue weighted by atomic mass is 79.9. The van der Waals surface area contributed by atoms with Gasteiger partial charge in [-0.3, -0.25) is 4.79 Å². The van der Waals surface area contributed by atoms with Crippen molar-refractivity contribution < 1.29 is 14.3 Å². The molecule has 1 unspecified atom stereocenters. The second-order valence-corrected chi connectivity index (χ2v) is 2.92. The first kappa shape index (κ1) is 10.7. The second-order valence-electron chi connectivity index (χ2n) is 1.82. The molecule has 11 heavy (non-hydrogen) atoms. The number of rotatable bonds is 5. The maximum Gasteiger partial charge on any atom is 0.321 e. The molecule has 0 N–H and O–H groups in total. The number of carbonyl (C=O) groups is 1. The van der Waals surface area contributed by atoms with Gasteiger partial charge in [0.25, 0.3) is 0 Å². The Hall–Kier alpha value is -0.350. The van der Waals surface area contributed by atoms with Crippen LogP contribution in [0.2, 0.25) is 0 Å². The Labute approximate surface area is 74.5 Å². The van der Waals surface area contributed by atoms with E-state index in [1.54, 1.807) is 6.08 Å². The molecule has 3 nitrogen and oxygen atoms in total. The summed E-state index contributed by atoms with van der Waals surface area (Å²) in [5.41, 5.74) is 0. The summed E-state index contributed by atoms with van der Waals surface area (Å²) in [4.78, 5) is 10.3. The SMILES string of the molecule is C=CCOCC(Br)C(=O)OC. The molecule has 0 bridgehead atoms. The van der Waals surface area contributed by atoms with Crippen LogP contribution in [0.3, 0.4) is 0 Å². The molecule has 0 aromatic rings. The lowest BCUT2D eigenvalue weighted by molar-refractivity contribution is -0.140. The van der Waals surface area contributed by atoms with E-state index in [0.29, 0.717) is 13.2 Å². The Morgan fingerprint density at radius 3 is 2.91 bits per heavy atom. The summed E-state index contributed by atoms with van der Waals surface area (Å²) in [5.74, 6) is -0.325. The topological polar surface area (TPSA) is 35.5 Å². The Morgan fingerprint density at radius 2 is 2.45 bits per heavy atom. The highest BCUT2D eigenvalue weighted by molar-refractivity contribution is 9.10. The number of carbonyl (C=O) groups excluding carboxylic acids is 1. The van der Waals surface area contributed by atoms with E-state index in [1.807, 2.05) is 0 Å². The molecule has 0 aromatic carbocycles. The van der Waals surface area contributed by atoms with E-state index in [4.69, 9.17) is 4.74 Å². The van der Waals surface area contributed by atoms with Crippen LogP contribution >= 0.6 is 15.9 Å². The number of methoxy groups -OCH3 is 1. The third kappa shape index (κ3) is 4.98. The van der Waals surface area contributed by atoms with Gasteiger partial charge in [0, 0.05) is 0 Å². The van der Waals surface area contributed by atoms with Crippen molar-refractivity contribution >= 4 is 21.9 Å². The first-order valence-electron chi connectivity index (χ1n) is 3.13. The zero-order valence-corrected chi connectivity index (χ0v) is 7.96. The molecule has 0 spiro atoms. The summed E-state index contributed by atoms with van der Waals surface area (Å²) >= 11 is 3.10. The minimum atomic E-state index is -0.382. The largest absolute Gasteiger partial charge is 0.468 e. The normalized spacial score (nSPS) is 12.2. The lowest BCUT2D eigenvalue weighted by Crippen LogP contribution is -2.21. The number of halogens is 1. The van der Waals surface area contributed by atoms with Gasteiger partial charge in [-0.05, 0) is 0 Å². The highest BCUT2D eigenvalue weighted by Gasteiger charge is 2.14. The smallest absolute Gasteiger partial charge is 0.321 e. The molecule has 0 radical (unpaired) electrons. The van der Waals surface area contributed by atoms with Gasteiger partial charge in [-0.2, -0.15) is 0 Å². The second kappa shape index (κ2) is 6.37. The van der Waals surface area contributed by atoms with Crippen molar-refractivity contribution in [3.05, 3.63) is 12.7 Å². The average molecular weight is 223 g/mol. The molecule has 64 valence electrons. The van der Waals surface area contributed by atoms with Crippen molar-refractivity contribution in [2.45, 2.75) is 4.83 Å². The van der Waals surface area contributed by atoms with Crippen LogP contribution in [-0.4, -0.2) is 31.1 Å². The van der Waals surface area contributed by atoms with E-state index in [0.717, 1.165) is 0 Å². The van der Waals surface area contributed by atoms with Gasteiger partial charge in [0.15, 0.2) is 0 Å². The van der Waals surface area contributed by atoms with Crippen molar-refractivity contribution in [2.75, 3.05) is 20.3 Å². The van der Waals surface area contributed by atoms with E-state index in [9.17, 15) is 4.79 Å². The Morgan fingerprint density at radius 1 is 1.82 bits per heavy atom. The molecular formula is C7H11BrO3. The third-order valence-corrected chi connectivity index (χ3v) is 1.59. The molecule has 0 aromatic heterocycles. The van der Waals surface area contributed by atoms with Crippen LogP contribution in [0.5, 0.6) is 0 Å². The molecular weight excluding hydrogens is 212 g/mol. The van der Waals surface area contributed by atoms with Gasteiger partial charge >= 0.3 is 5.97 Å². The quantitative estimate of drug-likeness (QED) is 0.303. The molecule has 0 saturated carbocycles. The van der Waals surface area contributed by atoms with E-state index in [-0.39, 0.29) is 10.8 Å². The predicted molar refractivity (Wildman–Crippen MR) is 45.7 cm³/mol. The fourth-order valence-corrected chi connectivity index (χ4v) is 0.825. The zero-order chi connectivity index (χ0) is 8.69. The van der Waals surface area contributed by atoms with Crippen LogP contribution in [0.25, 0.3) is 0 Å². The molecule has 0 aliphatic rings. The maximum absolute atomic E-state index is 10.7. The van der Waals surface area contributed by atoms with Crippen LogP contribution in [-0.2, 0) is 14.3 Å². The van der Waals surface area contributed by atoms with Crippen LogP contribution in [0, 0.1) is 0 Å². The standard InChI is InChI=1S/C7H11BrO3/c1-3-4-11-5-6(8)7(9)10-2/h3,6H,1,4-5H2,2H3. The Balaban J connectivity index is 3.43. The number of hydrogen-bond acceptors (Lipinski definition) is 3. The monoisotopic (exact) mass is 222 g/mol. The summed E-state index contributed by atoms with van der Waals surface area (Å²) in [6.07, 6.45) is 1.62. The summed E-state index contributed by atoms with van der Waals surface area (Å²) in [6.45, 7) is 4.21. The first-order valence-corrected chi connectivity index (χ1v) is 4.04. The number of ether oxygens (including phenoxy) is 2. The lowest BCUT2D eigenvalue weighted by Gasteiger charge is -2.06. The van der Waals surface area contributed by atoms with E-state index < -0.39 is 0 Å². The minimum absolute atomic E-state index is 0.304. The van der Waals surface area contributed by atoms with Gasteiger partial charge in [-0.25, -0.2) is 0 Å². The van der Waals surface area contributed by atoms with Gasteiger partial charge in [-0.15, -0.1) is 6.58 Å². The van der Waals surface area contributed by atoms with E-state index >= 15 is 0 Å². The fourth-order valence-electron chi connectivity index (χ4n) is 0.451. The Kier molecular flexibility index (Phi) is 6.16. The van der Waals surface area contributed by atoms with Gasteiger partial charge in [0.05, 0.1) is 20.3 Å². The molecule has 0 aliphatic carbocycles. The zero-order valence-electron chi connectivity index (χ0n) is 6.38. The van der Waals surface area contributed by atoms with Crippen molar-refractivity contribution in [3.8, 4) is 0 Å². The fraction of sp³-hybridized carbons (Fsp3) is 0.571. The third-order valence-electron chi connectivity index (χ3n) is 0.957. The lowest BCUT2D eigenvalue weighted by atomic mass is 10.5. The molecule has 1 atom stereocenters. The molecule has 4 heteroatoms. The van der Waals surface area contributed by atoms with Crippen LogP contribution in [0.4, 0.5) is 0 Å². The molecule has 0 fully saturated rings. The van der Waals surface area contributed by atoms with Crippen molar-refractivity contribution in [2.24, 2.45) is 0 Å². The molecule has 0 aliphatic heterocycles. The summed E-state index contributed by atoms with van der Waals surface area (Å²) in [7, 11) is 1.34. The van der Waals surface area contributed by atoms with Gasteiger partial charge in [0.2, 0.25) is 0 Å². The summed E-state index contributed by atoms with van der Waals surface area (Å²) in [6, 6.07) is 0. The molecule has 0 amide bonds. The minimum Gasteiger partial charge on any atom is -0.468 e. The van der Waals surface area contributed by atoms with Gasteiger partial charge < -0.3 is 9.47 Å². The molecule has 0 heterocycles. The van der Waals surface area contributed by atoms with Gasteiger partial charge in [0.1, 0.15) is 4.83 Å². The Bertz CT molecular complexity index is 136. The molecule has 0 saturated heterocycles. The highest BCUT2D eigenvalue weighted by Crippen LogP contribution is 2.01. The number of hydrogen-bond donors (Lipinski definition) is 0. The maximum atomic E-state index is 10.7. The number of esters is 1. The van der Waals surface area contributed by atoms with Crippen LogP contribution in [0.15, 0.2) is 12.7 Å². The predicted octanol–water partition coefficient (Wildman–Crippen LogP) is 1.13. The van der Waals surface area contributed by atoms with Gasteiger partial charge in [-0.1, -0.05) is 22.0 Å². The van der Waals surface area contributed by atoms with Crippen molar-refractivity contribution in [3.63, 3.8) is 0 Å². The van der Waals surface area contributed by atoms with Crippen molar-refractivity contribution in [1.82, 2.24) is 0 Å². The van der Waals surface area contributed by atoms with E-state index in [2.05, 4.69) is 27.2 Å². The summed E-state index contributed by atoms with van der Waals surface area (Å²) < 4.78 is 9.45. The first-order chi connectivity index (χ1) is 5.22. The number of alkyl halides is 1. The summed E-state index contributed by atoms with van der Waals surface area (Å²) in [5, 5.41) is 0. The average Bonchev–Trinajstić information content (AvgIpc) is 2.03. The van der Waals surface area contributed by atoms with Crippen LogP contribution in [0.1, 0.15) is 0 Å². The van der Waals surface area contributed by atoms with Crippen LogP contribution < -0.4 is 0 Å². The molecule has 0 rings (SSSR count). The van der Waals surface area contributed by atoms with Crippen molar-refractivity contribution in [1.29, 1.82) is 0 Å². The van der Waals surface area contributed by atoms with E-state index in [1.165, 1.54) is 7.11 Å².